The maximum Gasteiger partial charge on any atom is 0.339 e. The fourth-order valence-electron chi connectivity index (χ4n) is 1.19. The number of rotatable bonds is 5. The number of anilines is 1. The molecule has 0 spiro atoms. The number of amides is 1. The van der Waals surface area contributed by atoms with Crippen LogP contribution in [0.15, 0.2) is 18.2 Å². The van der Waals surface area contributed by atoms with Crippen molar-refractivity contribution in [3.8, 4) is 11.8 Å². The van der Waals surface area contributed by atoms with Crippen molar-refractivity contribution in [3.63, 3.8) is 0 Å². The van der Waals surface area contributed by atoms with Gasteiger partial charge in [-0.15, -0.1) is 11.8 Å². The molecular formula is C11H10N2O4S. The highest BCUT2D eigenvalue weighted by Crippen LogP contribution is 2.27. The van der Waals surface area contributed by atoms with Crippen LogP contribution in [0, 0.1) is 11.3 Å². The summed E-state index contributed by atoms with van der Waals surface area (Å²) in [6, 6.07) is 5.93. The number of phenols is 1. The van der Waals surface area contributed by atoms with Crippen molar-refractivity contribution < 1.29 is 19.8 Å². The van der Waals surface area contributed by atoms with Gasteiger partial charge in [0, 0.05) is 0 Å². The van der Waals surface area contributed by atoms with E-state index in [0.29, 0.717) is 0 Å². The number of nitrogens with one attached hydrogen (secondary N) is 1. The van der Waals surface area contributed by atoms with Gasteiger partial charge in [-0.05, 0) is 12.1 Å². The predicted molar refractivity (Wildman–Crippen MR) is 66.6 cm³/mol. The van der Waals surface area contributed by atoms with Gasteiger partial charge in [-0.25, -0.2) is 4.79 Å². The van der Waals surface area contributed by atoms with Crippen molar-refractivity contribution in [1.29, 1.82) is 5.26 Å². The molecule has 0 fully saturated rings. The topological polar surface area (TPSA) is 110 Å². The molecule has 0 saturated heterocycles. The van der Waals surface area contributed by atoms with Crippen molar-refractivity contribution in [2.75, 3.05) is 16.8 Å². The summed E-state index contributed by atoms with van der Waals surface area (Å²) in [7, 11) is 0. The number of hydrogen-bond acceptors (Lipinski definition) is 5. The lowest BCUT2D eigenvalue weighted by molar-refractivity contribution is -0.113. The summed E-state index contributed by atoms with van der Waals surface area (Å²) in [6.07, 6.45) is 0. The standard InChI is InChI=1S/C11H10N2O4S/c12-4-5-18-6-9(14)13-8-3-1-2-7(10(8)15)11(16)17/h1-3,15H,5-6H2,(H,13,14)(H,16,17). The van der Waals surface area contributed by atoms with Crippen LogP contribution in [0.25, 0.3) is 0 Å². The fourth-order valence-corrected chi connectivity index (χ4v) is 1.64. The average Bonchev–Trinajstić information content (AvgIpc) is 2.32. The first-order chi connectivity index (χ1) is 8.56. The molecule has 0 atom stereocenters. The lowest BCUT2D eigenvalue weighted by Crippen LogP contribution is -2.15. The highest BCUT2D eigenvalue weighted by Gasteiger charge is 2.14. The Balaban J connectivity index is 2.74. The van der Waals surface area contributed by atoms with Gasteiger partial charge in [-0.1, -0.05) is 6.07 Å². The van der Waals surface area contributed by atoms with Gasteiger partial charge < -0.3 is 15.5 Å². The fraction of sp³-hybridized carbons (Fsp3) is 0.182. The first-order valence-corrected chi connectivity index (χ1v) is 6.01. The summed E-state index contributed by atoms with van der Waals surface area (Å²) in [5.41, 5.74) is -0.241. The maximum atomic E-state index is 11.4. The molecule has 1 aromatic rings. The first-order valence-electron chi connectivity index (χ1n) is 4.86. The van der Waals surface area contributed by atoms with Gasteiger partial charge in [-0.3, -0.25) is 4.79 Å². The van der Waals surface area contributed by atoms with Crippen molar-refractivity contribution in [2.24, 2.45) is 0 Å². The van der Waals surface area contributed by atoms with Crippen LogP contribution in [0.4, 0.5) is 5.69 Å². The van der Waals surface area contributed by atoms with Crippen LogP contribution in [0.1, 0.15) is 10.4 Å². The molecule has 0 unspecified atom stereocenters. The molecule has 1 aromatic carbocycles. The molecule has 1 rings (SSSR count). The molecule has 0 heterocycles. The van der Waals surface area contributed by atoms with E-state index in [2.05, 4.69) is 5.32 Å². The lowest BCUT2D eigenvalue weighted by atomic mass is 10.1. The van der Waals surface area contributed by atoms with E-state index in [1.165, 1.54) is 18.2 Å². The highest BCUT2D eigenvalue weighted by molar-refractivity contribution is 8.00. The number of carboxylic acid groups (broad SMARTS) is 1. The van der Waals surface area contributed by atoms with Crippen LogP contribution in [0.3, 0.4) is 0 Å². The van der Waals surface area contributed by atoms with Crippen molar-refractivity contribution in [2.45, 2.75) is 0 Å². The minimum Gasteiger partial charge on any atom is -0.505 e. The van der Waals surface area contributed by atoms with E-state index in [4.69, 9.17) is 10.4 Å². The van der Waals surface area contributed by atoms with Gasteiger partial charge in [-0.2, -0.15) is 5.26 Å². The molecule has 3 N–H and O–H groups in total. The summed E-state index contributed by atoms with van der Waals surface area (Å²) in [5, 5.41) is 29.1. The lowest BCUT2D eigenvalue weighted by Gasteiger charge is -2.08. The molecule has 94 valence electrons. The number of carboxylic acids is 1. The minimum atomic E-state index is -1.28. The molecule has 0 aliphatic heterocycles. The van der Waals surface area contributed by atoms with E-state index in [0.717, 1.165) is 11.8 Å². The smallest absolute Gasteiger partial charge is 0.339 e. The zero-order chi connectivity index (χ0) is 13.5. The summed E-state index contributed by atoms with van der Waals surface area (Å²) in [6.45, 7) is 0. The van der Waals surface area contributed by atoms with Crippen LogP contribution in [0.5, 0.6) is 5.75 Å². The normalized spacial score (nSPS) is 9.50. The molecule has 0 bridgehead atoms. The van der Waals surface area contributed by atoms with Gasteiger partial charge in [0.25, 0.3) is 0 Å². The van der Waals surface area contributed by atoms with Crippen molar-refractivity contribution in [1.82, 2.24) is 0 Å². The average molecular weight is 266 g/mol. The third-order valence-electron chi connectivity index (χ3n) is 1.94. The van der Waals surface area contributed by atoms with Gasteiger partial charge in [0.15, 0.2) is 5.75 Å². The van der Waals surface area contributed by atoms with E-state index in [9.17, 15) is 14.7 Å². The van der Waals surface area contributed by atoms with E-state index >= 15 is 0 Å². The Hall–Kier alpha value is -2.20. The van der Waals surface area contributed by atoms with Crippen LogP contribution in [0.2, 0.25) is 0 Å². The van der Waals surface area contributed by atoms with Crippen LogP contribution in [-0.4, -0.2) is 33.6 Å². The van der Waals surface area contributed by atoms with E-state index in [-0.39, 0.29) is 22.8 Å². The van der Waals surface area contributed by atoms with Crippen molar-refractivity contribution >= 4 is 29.3 Å². The highest BCUT2D eigenvalue weighted by atomic mass is 32.2. The molecule has 18 heavy (non-hydrogen) atoms. The quantitative estimate of drug-likeness (QED) is 0.547. The zero-order valence-electron chi connectivity index (χ0n) is 9.21. The Morgan fingerprint density at radius 3 is 2.78 bits per heavy atom. The van der Waals surface area contributed by atoms with E-state index in [1.54, 1.807) is 0 Å². The number of nitrogens with zero attached hydrogens (tertiary/aromatic N) is 1. The Bertz CT molecular complexity index is 510. The number of carbonyl (C=O) groups is 2. The molecule has 0 saturated carbocycles. The second-order valence-electron chi connectivity index (χ2n) is 3.21. The molecule has 0 aliphatic rings. The van der Waals surface area contributed by atoms with Crippen LogP contribution in [-0.2, 0) is 4.79 Å². The molecular weight excluding hydrogens is 256 g/mol. The van der Waals surface area contributed by atoms with Crippen molar-refractivity contribution in [3.05, 3.63) is 23.8 Å². The summed E-state index contributed by atoms with van der Waals surface area (Å²) < 4.78 is 0. The molecule has 0 aliphatic carbocycles. The third-order valence-corrected chi connectivity index (χ3v) is 2.74. The SMILES string of the molecule is N#CCSCC(=O)Nc1cccc(C(=O)O)c1O. The number of hydrogen-bond donors (Lipinski definition) is 3. The number of aromatic carboxylic acids is 1. The van der Waals surface area contributed by atoms with Gasteiger partial charge in [0.05, 0.1) is 23.3 Å². The first kappa shape index (κ1) is 13.9. The number of thioether (sulfide) groups is 1. The molecule has 6 nitrogen and oxygen atoms in total. The van der Waals surface area contributed by atoms with Gasteiger partial charge >= 0.3 is 5.97 Å². The second kappa shape index (κ2) is 6.51. The molecule has 1 amide bonds. The van der Waals surface area contributed by atoms with Gasteiger partial charge in [0.2, 0.25) is 5.91 Å². The Morgan fingerprint density at radius 2 is 2.17 bits per heavy atom. The van der Waals surface area contributed by atoms with E-state index < -0.39 is 17.6 Å². The summed E-state index contributed by atoms with van der Waals surface area (Å²) in [5.74, 6) is -1.92. The maximum absolute atomic E-state index is 11.4. The number of carbonyl (C=O) groups excluding carboxylic acids is 1. The van der Waals surface area contributed by atoms with E-state index in [1.807, 2.05) is 6.07 Å². The monoisotopic (exact) mass is 266 g/mol. The van der Waals surface area contributed by atoms with Gasteiger partial charge in [0.1, 0.15) is 5.56 Å². The molecule has 0 radical (unpaired) electrons. The van der Waals surface area contributed by atoms with Crippen LogP contribution < -0.4 is 5.32 Å². The Labute approximate surface area is 107 Å². The zero-order valence-corrected chi connectivity index (χ0v) is 10.0. The summed E-state index contributed by atoms with van der Waals surface area (Å²) in [4.78, 5) is 22.2. The minimum absolute atomic E-state index is 0.0393. The third kappa shape index (κ3) is 3.68. The van der Waals surface area contributed by atoms with Crippen LogP contribution >= 0.6 is 11.8 Å². The molecule has 7 heteroatoms. The summed E-state index contributed by atoms with van der Waals surface area (Å²) >= 11 is 1.13. The largest absolute Gasteiger partial charge is 0.505 e. The number of para-hydroxylation sites is 1. The second-order valence-corrected chi connectivity index (χ2v) is 4.19. The predicted octanol–water partition coefficient (Wildman–Crippen LogP) is 1.29. The Morgan fingerprint density at radius 1 is 1.44 bits per heavy atom. The Kier molecular flexibility index (Phi) is 5.02. The number of nitriles is 1. The molecule has 0 aromatic heterocycles. The number of aromatic hydroxyl groups is 1. The number of benzene rings is 1.